The van der Waals surface area contributed by atoms with Crippen molar-refractivity contribution < 1.29 is 4.79 Å². The molecule has 0 aliphatic carbocycles. The average molecular weight is 227 g/mol. The van der Waals surface area contributed by atoms with Crippen molar-refractivity contribution in [3.8, 4) is 0 Å². The number of benzene rings is 1. The molecule has 0 fully saturated rings. The molecule has 2 heteroatoms. The van der Waals surface area contributed by atoms with Gasteiger partial charge in [-0.05, 0) is 27.9 Å². The van der Waals surface area contributed by atoms with Crippen LogP contribution in [-0.4, -0.2) is 4.69 Å². The van der Waals surface area contributed by atoms with Gasteiger partial charge < -0.3 is 0 Å². The van der Waals surface area contributed by atoms with Crippen molar-refractivity contribution >= 4 is 20.6 Å². The van der Waals surface area contributed by atoms with E-state index in [9.17, 15) is 4.79 Å². The standard InChI is InChI=1S/C10H11BrO/c1-2-5-8-6-3-4-7-9(8)10(11)12/h3-4,6-7H,2,5H2,1H3. The van der Waals surface area contributed by atoms with Crippen LogP contribution in [0, 0.1) is 0 Å². The first kappa shape index (κ1) is 9.46. The number of carbonyl (C=O) groups excluding carboxylic acids is 1. The maximum absolute atomic E-state index is 11.1. The molecular weight excluding hydrogens is 216 g/mol. The van der Waals surface area contributed by atoms with Gasteiger partial charge in [-0.25, -0.2) is 0 Å². The summed E-state index contributed by atoms with van der Waals surface area (Å²) in [5.41, 5.74) is 1.92. The molecule has 0 atom stereocenters. The van der Waals surface area contributed by atoms with Crippen molar-refractivity contribution in [2.45, 2.75) is 19.8 Å². The molecule has 0 aliphatic rings. The second kappa shape index (κ2) is 4.41. The topological polar surface area (TPSA) is 17.1 Å². The first-order valence-corrected chi connectivity index (χ1v) is 4.82. The predicted octanol–water partition coefficient (Wildman–Crippen LogP) is 3.17. The Morgan fingerprint density at radius 2 is 2.08 bits per heavy atom. The Hall–Kier alpha value is -0.630. The minimum absolute atomic E-state index is 0.0217. The fourth-order valence-electron chi connectivity index (χ4n) is 1.20. The Morgan fingerprint density at radius 1 is 1.42 bits per heavy atom. The van der Waals surface area contributed by atoms with Crippen LogP contribution in [-0.2, 0) is 6.42 Å². The fraction of sp³-hybridized carbons (Fsp3) is 0.300. The molecule has 1 aromatic carbocycles. The average Bonchev–Trinajstić information content (AvgIpc) is 2.05. The van der Waals surface area contributed by atoms with Crippen molar-refractivity contribution in [2.75, 3.05) is 0 Å². The van der Waals surface area contributed by atoms with Gasteiger partial charge in [-0.2, -0.15) is 0 Å². The molecule has 0 unspecified atom stereocenters. The van der Waals surface area contributed by atoms with E-state index in [0.29, 0.717) is 0 Å². The third kappa shape index (κ3) is 2.18. The summed E-state index contributed by atoms with van der Waals surface area (Å²) >= 11 is 2.96. The van der Waals surface area contributed by atoms with Gasteiger partial charge in [0.05, 0.1) is 0 Å². The molecule has 1 rings (SSSR count). The zero-order chi connectivity index (χ0) is 8.97. The van der Waals surface area contributed by atoms with Gasteiger partial charge >= 0.3 is 0 Å². The molecule has 0 N–H and O–H groups in total. The van der Waals surface area contributed by atoms with Gasteiger partial charge in [-0.1, -0.05) is 37.6 Å². The van der Waals surface area contributed by atoms with Crippen LogP contribution in [0.1, 0.15) is 29.3 Å². The molecule has 0 heterocycles. The third-order valence-electron chi connectivity index (χ3n) is 1.75. The molecule has 12 heavy (non-hydrogen) atoms. The molecule has 0 saturated heterocycles. The summed E-state index contributed by atoms with van der Waals surface area (Å²) in [7, 11) is 0. The van der Waals surface area contributed by atoms with E-state index in [0.717, 1.165) is 24.0 Å². The second-order valence-corrected chi connectivity index (χ2v) is 3.40. The summed E-state index contributed by atoms with van der Waals surface area (Å²) in [4.78, 5) is 11.1. The first-order valence-electron chi connectivity index (χ1n) is 4.03. The van der Waals surface area contributed by atoms with Gasteiger partial charge in [0, 0.05) is 5.56 Å². The van der Waals surface area contributed by atoms with Crippen molar-refractivity contribution in [1.82, 2.24) is 0 Å². The van der Waals surface area contributed by atoms with Gasteiger partial charge in [-0.3, -0.25) is 4.79 Å². The lowest BCUT2D eigenvalue weighted by Crippen LogP contribution is -1.95. The molecule has 64 valence electrons. The van der Waals surface area contributed by atoms with Gasteiger partial charge in [0.1, 0.15) is 0 Å². The Balaban J connectivity index is 3.00. The minimum Gasteiger partial charge on any atom is -0.281 e. The molecule has 0 bridgehead atoms. The molecule has 0 spiro atoms. The molecular formula is C10H11BrO. The van der Waals surface area contributed by atoms with Crippen molar-refractivity contribution in [2.24, 2.45) is 0 Å². The van der Waals surface area contributed by atoms with E-state index in [2.05, 4.69) is 22.9 Å². The number of rotatable bonds is 3. The number of halogens is 1. The maximum Gasteiger partial charge on any atom is 0.228 e. The van der Waals surface area contributed by atoms with Crippen LogP contribution in [0.3, 0.4) is 0 Å². The predicted molar refractivity (Wildman–Crippen MR) is 53.7 cm³/mol. The normalized spacial score (nSPS) is 9.83. The smallest absolute Gasteiger partial charge is 0.228 e. The van der Waals surface area contributed by atoms with Gasteiger partial charge in [-0.15, -0.1) is 0 Å². The molecule has 0 saturated carbocycles. The lowest BCUT2D eigenvalue weighted by atomic mass is 10.0. The Labute approximate surface area is 80.9 Å². The minimum atomic E-state index is -0.0217. The quantitative estimate of drug-likeness (QED) is 0.725. The van der Waals surface area contributed by atoms with Gasteiger partial charge in [0.15, 0.2) is 0 Å². The van der Waals surface area contributed by atoms with Crippen molar-refractivity contribution in [3.05, 3.63) is 35.4 Å². The van der Waals surface area contributed by atoms with Crippen LogP contribution >= 0.6 is 15.9 Å². The summed E-state index contributed by atoms with van der Waals surface area (Å²) in [5.74, 6) is 0. The van der Waals surface area contributed by atoms with E-state index in [1.807, 2.05) is 24.3 Å². The Bertz CT molecular complexity index is 281. The summed E-state index contributed by atoms with van der Waals surface area (Å²) in [6.45, 7) is 2.11. The molecule has 1 aromatic rings. The van der Waals surface area contributed by atoms with Crippen molar-refractivity contribution in [3.63, 3.8) is 0 Å². The van der Waals surface area contributed by atoms with Gasteiger partial charge in [0.2, 0.25) is 4.69 Å². The molecule has 1 nitrogen and oxygen atoms in total. The van der Waals surface area contributed by atoms with Crippen LogP contribution in [0.5, 0.6) is 0 Å². The monoisotopic (exact) mass is 226 g/mol. The SMILES string of the molecule is CCCc1ccccc1C(=O)Br. The molecule has 0 amide bonds. The summed E-state index contributed by atoms with van der Waals surface area (Å²) in [6, 6.07) is 7.69. The Kier molecular flexibility index (Phi) is 3.48. The number of hydrogen-bond acceptors (Lipinski definition) is 1. The lowest BCUT2D eigenvalue weighted by molar-refractivity contribution is 0.109. The molecule has 0 aromatic heterocycles. The van der Waals surface area contributed by atoms with Crippen LogP contribution in [0.4, 0.5) is 0 Å². The first-order chi connectivity index (χ1) is 5.75. The zero-order valence-corrected chi connectivity index (χ0v) is 8.60. The van der Waals surface area contributed by atoms with E-state index >= 15 is 0 Å². The highest BCUT2D eigenvalue weighted by Gasteiger charge is 2.05. The second-order valence-electron chi connectivity index (χ2n) is 2.68. The fourth-order valence-corrected chi connectivity index (χ4v) is 1.59. The van der Waals surface area contributed by atoms with Crippen LogP contribution < -0.4 is 0 Å². The number of aryl methyl sites for hydroxylation is 1. The maximum atomic E-state index is 11.1. The van der Waals surface area contributed by atoms with Crippen LogP contribution in [0.2, 0.25) is 0 Å². The van der Waals surface area contributed by atoms with Crippen molar-refractivity contribution in [1.29, 1.82) is 0 Å². The van der Waals surface area contributed by atoms with Gasteiger partial charge in [0.25, 0.3) is 0 Å². The van der Waals surface area contributed by atoms with E-state index in [-0.39, 0.29) is 4.69 Å². The van der Waals surface area contributed by atoms with E-state index in [1.54, 1.807) is 0 Å². The van der Waals surface area contributed by atoms with Crippen LogP contribution in [0.25, 0.3) is 0 Å². The summed E-state index contributed by atoms with van der Waals surface area (Å²) in [5, 5.41) is 0. The number of carbonyl (C=O) groups is 1. The lowest BCUT2D eigenvalue weighted by Gasteiger charge is -2.02. The van der Waals surface area contributed by atoms with E-state index < -0.39 is 0 Å². The number of hydrogen-bond donors (Lipinski definition) is 0. The highest BCUT2D eigenvalue weighted by molar-refractivity contribution is 9.18. The highest BCUT2D eigenvalue weighted by atomic mass is 79.9. The zero-order valence-electron chi connectivity index (χ0n) is 7.01. The summed E-state index contributed by atoms with van der Waals surface area (Å²) < 4.78 is -0.0217. The highest BCUT2D eigenvalue weighted by Crippen LogP contribution is 2.13. The Morgan fingerprint density at radius 3 is 2.67 bits per heavy atom. The van der Waals surface area contributed by atoms with Crippen LogP contribution in [0.15, 0.2) is 24.3 Å². The molecule has 0 aliphatic heterocycles. The summed E-state index contributed by atoms with van der Waals surface area (Å²) in [6.07, 6.45) is 2.03. The largest absolute Gasteiger partial charge is 0.281 e. The molecule has 0 radical (unpaired) electrons. The van der Waals surface area contributed by atoms with E-state index in [1.165, 1.54) is 0 Å². The third-order valence-corrected chi connectivity index (χ3v) is 2.18. The van der Waals surface area contributed by atoms with E-state index in [4.69, 9.17) is 0 Å².